The van der Waals surface area contributed by atoms with Gasteiger partial charge >= 0.3 is 0 Å². The molecule has 0 saturated carbocycles. The Morgan fingerprint density at radius 2 is 1.78 bits per heavy atom. The van der Waals surface area contributed by atoms with Crippen LogP contribution in [0.3, 0.4) is 0 Å². The molecule has 0 amide bonds. The summed E-state index contributed by atoms with van der Waals surface area (Å²) in [6, 6.07) is 15.2. The van der Waals surface area contributed by atoms with E-state index >= 15 is 0 Å². The van der Waals surface area contributed by atoms with Gasteiger partial charge in [0, 0.05) is 47.3 Å². The number of carbonyl (C=O) groups is 1. The van der Waals surface area contributed by atoms with E-state index in [-0.39, 0.29) is 5.78 Å². The number of Topliss-reactive ketones (excluding diaryl/α,β-unsaturated/α-hetero) is 1. The number of benzene rings is 2. The van der Waals surface area contributed by atoms with Crippen LogP contribution in [0, 0.1) is 6.92 Å². The van der Waals surface area contributed by atoms with Gasteiger partial charge in [-0.05, 0) is 75.8 Å². The topological polar surface area (TPSA) is 34.5 Å². The van der Waals surface area contributed by atoms with Crippen LogP contribution in [0.5, 0.6) is 5.75 Å². The molecule has 1 aromatic heterocycles. The van der Waals surface area contributed by atoms with Gasteiger partial charge in [0.1, 0.15) is 11.9 Å². The first kappa shape index (κ1) is 21.5. The van der Waals surface area contributed by atoms with Crippen LogP contribution in [0.1, 0.15) is 54.9 Å². The molecule has 0 N–H and O–H groups in total. The lowest BCUT2D eigenvalue weighted by molar-refractivity contribution is 0.0482. The normalized spacial score (nSPS) is 23.0. The highest BCUT2D eigenvalue weighted by Crippen LogP contribution is 2.37. The summed E-state index contributed by atoms with van der Waals surface area (Å²) in [6.07, 6.45) is 8.17. The Morgan fingerprint density at radius 1 is 1.06 bits per heavy atom. The molecule has 2 bridgehead atoms. The number of carbonyl (C=O) groups excluding carboxylic acids is 1. The minimum absolute atomic E-state index is 0.139. The monoisotopic (exact) mass is 450 g/mol. The summed E-state index contributed by atoms with van der Waals surface area (Å²) in [6.45, 7) is 5.84. The lowest BCUT2D eigenvalue weighted by Crippen LogP contribution is -2.46. The van der Waals surface area contributed by atoms with Gasteiger partial charge in [-0.25, -0.2) is 0 Å². The Morgan fingerprint density at radius 3 is 2.47 bits per heavy atom. The molecule has 5 rings (SSSR count). The van der Waals surface area contributed by atoms with E-state index in [4.69, 9.17) is 16.3 Å². The van der Waals surface area contributed by atoms with Crippen molar-refractivity contribution in [3.8, 4) is 5.75 Å². The van der Waals surface area contributed by atoms with Crippen LogP contribution < -0.4 is 4.74 Å². The first-order valence-electron chi connectivity index (χ1n) is 11.8. The predicted molar refractivity (Wildman–Crippen MR) is 130 cm³/mol. The molecule has 2 saturated heterocycles. The molecule has 2 fully saturated rings. The molecule has 2 aromatic carbocycles. The average Bonchev–Trinajstić information content (AvgIpc) is 3.25. The average molecular weight is 451 g/mol. The highest BCUT2D eigenvalue weighted by molar-refractivity contribution is 6.30. The fraction of sp³-hybridized carbons (Fsp3) is 0.444. The van der Waals surface area contributed by atoms with Crippen molar-refractivity contribution in [3.05, 3.63) is 64.8 Å². The predicted octanol–water partition coefficient (Wildman–Crippen LogP) is 6.27. The van der Waals surface area contributed by atoms with E-state index in [1.54, 1.807) is 6.92 Å². The second-order valence-corrected chi connectivity index (χ2v) is 9.84. The first-order chi connectivity index (χ1) is 15.5. The van der Waals surface area contributed by atoms with Crippen molar-refractivity contribution in [2.45, 2.75) is 70.7 Å². The number of hydrogen-bond donors (Lipinski definition) is 0. The zero-order valence-electron chi connectivity index (χ0n) is 18.9. The van der Waals surface area contributed by atoms with Crippen LogP contribution in [0.2, 0.25) is 5.02 Å². The molecule has 2 unspecified atom stereocenters. The van der Waals surface area contributed by atoms with E-state index in [0.717, 1.165) is 54.1 Å². The molecule has 5 heteroatoms. The molecule has 2 aliphatic heterocycles. The van der Waals surface area contributed by atoms with Crippen molar-refractivity contribution in [2.75, 3.05) is 6.54 Å². The molecule has 3 heterocycles. The maximum atomic E-state index is 12.1. The molecule has 32 heavy (non-hydrogen) atoms. The number of hydrogen-bond acceptors (Lipinski definition) is 3. The van der Waals surface area contributed by atoms with E-state index in [9.17, 15) is 4.79 Å². The Balaban J connectivity index is 1.22. The van der Waals surface area contributed by atoms with Crippen LogP contribution in [0.4, 0.5) is 0 Å². The van der Waals surface area contributed by atoms with Crippen LogP contribution >= 0.6 is 11.6 Å². The number of para-hydroxylation sites is 1. The minimum atomic E-state index is 0.139. The Hall–Kier alpha value is -2.30. The quantitative estimate of drug-likeness (QED) is 0.398. The highest BCUT2D eigenvalue weighted by atomic mass is 35.5. The van der Waals surface area contributed by atoms with Gasteiger partial charge in [-0.1, -0.05) is 29.8 Å². The number of ether oxygens (including phenoxy) is 1. The molecule has 4 nitrogen and oxygen atoms in total. The van der Waals surface area contributed by atoms with Crippen molar-refractivity contribution in [3.63, 3.8) is 0 Å². The number of nitrogens with zero attached hydrogens (tertiary/aromatic N) is 2. The van der Waals surface area contributed by atoms with Crippen molar-refractivity contribution >= 4 is 28.3 Å². The van der Waals surface area contributed by atoms with Crippen molar-refractivity contribution in [2.24, 2.45) is 0 Å². The van der Waals surface area contributed by atoms with Crippen molar-refractivity contribution < 1.29 is 9.53 Å². The van der Waals surface area contributed by atoms with E-state index in [0.29, 0.717) is 18.2 Å². The van der Waals surface area contributed by atoms with Gasteiger partial charge in [0.2, 0.25) is 0 Å². The second-order valence-electron chi connectivity index (χ2n) is 9.40. The standard InChI is InChI=1S/C27H31ClN2O2/c1-18-5-3-6-25-26(19(2)31)17-29(27(18)25)13-4-14-30-21-9-10-22(30)16-24(15-21)32-23-11-7-20(28)8-12-23/h3,5-8,11-12,17,21-22,24H,4,9-10,13-16H2,1-2H3. The minimum Gasteiger partial charge on any atom is -0.490 e. The van der Waals surface area contributed by atoms with Crippen LogP contribution in [-0.4, -0.2) is 40.0 Å². The summed E-state index contributed by atoms with van der Waals surface area (Å²) in [5, 5.41) is 1.83. The zero-order chi connectivity index (χ0) is 22.2. The third-order valence-electron chi connectivity index (χ3n) is 7.25. The van der Waals surface area contributed by atoms with Gasteiger partial charge in [0.15, 0.2) is 5.78 Å². The SMILES string of the molecule is CC(=O)c1cn(CCCN2C3CCC2CC(Oc2ccc(Cl)cc2)C3)c2c(C)cccc12. The van der Waals surface area contributed by atoms with Crippen LogP contribution in [0.25, 0.3) is 10.9 Å². The lowest BCUT2D eigenvalue weighted by atomic mass is 9.99. The third kappa shape index (κ3) is 4.18. The van der Waals surface area contributed by atoms with Gasteiger partial charge < -0.3 is 9.30 Å². The van der Waals surface area contributed by atoms with E-state index in [1.807, 2.05) is 30.3 Å². The van der Waals surface area contributed by atoms with E-state index < -0.39 is 0 Å². The molecular formula is C27H31ClN2O2. The molecule has 168 valence electrons. The van der Waals surface area contributed by atoms with Gasteiger partial charge in [0.25, 0.3) is 0 Å². The largest absolute Gasteiger partial charge is 0.490 e. The van der Waals surface area contributed by atoms with Gasteiger partial charge in [-0.2, -0.15) is 0 Å². The van der Waals surface area contributed by atoms with Crippen LogP contribution in [0.15, 0.2) is 48.7 Å². The number of fused-ring (bicyclic) bond motifs is 3. The molecule has 0 aliphatic carbocycles. The number of piperidine rings is 1. The maximum Gasteiger partial charge on any atom is 0.161 e. The smallest absolute Gasteiger partial charge is 0.161 e. The Kier molecular flexibility index (Phi) is 6.00. The van der Waals surface area contributed by atoms with E-state index in [2.05, 4.69) is 34.7 Å². The second kappa shape index (κ2) is 8.92. The summed E-state index contributed by atoms with van der Waals surface area (Å²) in [7, 11) is 0. The molecular weight excluding hydrogens is 420 g/mol. The maximum absolute atomic E-state index is 12.1. The van der Waals surface area contributed by atoms with Gasteiger partial charge in [-0.15, -0.1) is 0 Å². The van der Waals surface area contributed by atoms with Crippen LogP contribution in [-0.2, 0) is 6.54 Å². The number of aromatic nitrogens is 1. The van der Waals surface area contributed by atoms with Gasteiger partial charge in [-0.3, -0.25) is 9.69 Å². The third-order valence-corrected chi connectivity index (χ3v) is 7.50. The molecule has 2 atom stereocenters. The fourth-order valence-electron chi connectivity index (χ4n) is 5.82. The summed E-state index contributed by atoms with van der Waals surface area (Å²) < 4.78 is 8.57. The zero-order valence-corrected chi connectivity index (χ0v) is 19.6. The number of rotatable bonds is 7. The summed E-state index contributed by atoms with van der Waals surface area (Å²) in [4.78, 5) is 14.9. The summed E-state index contributed by atoms with van der Waals surface area (Å²) in [5.41, 5.74) is 3.27. The highest BCUT2D eigenvalue weighted by Gasteiger charge is 2.41. The molecule has 0 spiro atoms. The van der Waals surface area contributed by atoms with Crippen molar-refractivity contribution in [1.29, 1.82) is 0 Å². The van der Waals surface area contributed by atoms with Crippen molar-refractivity contribution in [1.82, 2.24) is 9.47 Å². The fourth-order valence-corrected chi connectivity index (χ4v) is 5.95. The first-order valence-corrected chi connectivity index (χ1v) is 12.1. The molecule has 0 radical (unpaired) electrons. The van der Waals surface area contributed by atoms with E-state index in [1.165, 1.54) is 23.9 Å². The Labute approximate surface area is 195 Å². The molecule has 2 aliphatic rings. The summed E-state index contributed by atoms with van der Waals surface area (Å²) in [5.74, 6) is 1.06. The number of halogens is 1. The van der Waals surface area contributed by atoms with Gasteiger partial charge in [0.05, 0.1) is 5.52 Å². The number of ketones is 1. The number of aryl methyl sites for hydroxylation is 2. The lowest BCUT2D eigenvalue weighted by Gasteiger charge is -2.39. The molecule has 3 aromatic rings. The Bertz CT molecular complexity index is 1110. The summed E-state index contributed by atoms with van der Waals surface area (Å²) >= 11 is 6.00.